The molecule has 11 nitrogen and oxygen atoms in total. The summed E-state index contributed by atoms with van der Waals surface area (Å²) in [5.74, 6) is 4.27. The number of carboxylic acids is 1. The van der Waals surface area contributed by atoms with Crippen LogP contribution in [-0.2, 0) is 21.5 Å². The first-order chi connectivity index (χ1) is 19.6. The number of benzene rings is 1. The predicted molar refractivity (Wildman–Crippen MR) is 154 cm³/mol. The molecule has 1 saturated heterocycles. The molecule has 1 aliphatic rings. The Balaban J connectivity index is 1.32. The van der Waals surface area contributed by atoms with Crippen LogP contribution in [0.3, 0.4) is 0 Å². The van der Waals surface area contributed by atoms with Crippen molar-refractivity contribution < 1.29 is 23.1 Å². The van der Waals surface area contributed by atoms with Gasteiger partial charge in [-0.05, 0) is 54.4 Å². The van der Waals surface area contributed by atoms with Gasteiger partial charge in [0.05, 0.1) is 12.2 Å². The SMILES string of the molecule is CC(C)[C@@H](NS(=O)(=O)N1CCN(c2ccc(C#Cc3ccnc(C(=O)NCc4ccccn4)c3)cc2)CC1)C(=O)O. The zero-order valence-electron chi connectivity index (χ0n) is 22.8. The lowest BCUT2D eigenvalue weighted by molar-refractivity contribution is -0.140. The van der Waals surface area contributed by atoms with Crippen molar-refractivity contribution in [2.45, 2.75) is 26.4 Å². The maximum atomic E-state index is 12.7. The molecular formula is C29H32N6O5S. The van der Waals surface area contributed by atoms with Crippen LogP contribution >= 0.6 is 0 Å². The van der Waals surface area contributed by atoms with Crippen LogP contribution < -0.4 is 14.9 Å². The fourth-order valence-corrected chi connectivity index (χ4v) is 5.68. The molecule has 0 saturated carbocycles. The van der Waals surface area contributed by atoms with Crippen molar-refractivity contribution in [2.24, 2.45) is 5.92 Å². The number of nitrogens with zero attached hydrogens (tertiary/aromatic N) is 4. The molecule has 1 atom stereocenters. The number of aromatic nitrogens is 2. The van der Waals surface area contributed by atoms with E-state index in [1.807, 2.05) is 42.5 Å². The number of amides is 1. The first-order valence-corrected chi connectivity index (χ1v) is 14.6. The van der Waals surface area contributed by atoms with E-state index in [1.54, 1.807) is 38.4 Å². The zero-order chi connectivity index (χ0) is 29.4. The first-order valence-electron chi connectivity index (χ1n) is 13.1. The second kappa shape index (κ2) is 13.4. The molecule has 1 aromatic carbocycles. The first kappa shape index (κ1) is 29.7. The van der Waals surface area contributed by atoms with Gasteiger partial charge < -0.3 is 15.3 Å². The minimum absolute atomic E-state index is 0.237. The van der Waals surface area contributed by atoms with Crippen LogP contribution in [0.5, 0.6) is 0 Å². The van der Waals surface area contributed by atoms with E-state index in [9.17, 15) is 23.1 Å². The molecule has 214 valence electrons. The van der Waals surface area contributed by atoms with Gasteiger partial charge in [-0.1, -0.05) is 31.8 Å². The quantitative estimate of drug-likeness (QED) is 0.328. The molecule has 0 radical (unpaired) electrons. The van der Waals surface area contributed by atoms with E-state index in [0.29, 0.717) is 25.2 Å². The minimum atomic E-state index is -3.92. The summed E-state index contributed by atoms with van der Waals surface area (Å²) in [5, 5.41) is 12.1. The van der Waals surface area contributed by atoms with Gasteiger partial charge in [0.2, 0.25) is 0 Å². The Morgan fingerprint density at radius 3 is 2.29 bits per heavy atom. The molecule has 0 bridgehead atoms. The number of aliphatic carboxylic acids is 1. The standard InChI is InChI=1S/C29H32N6O5S/c1-21(2)27(29(37)38)33-41(39,40)35-17-15-34(16-18-35)25-10-8-22(9-11-25)6-7-23-12-14-31-26(19-23)28(36)32-20-24-5-3-4-13-30-24/h3-5,8-14,19,21,27,33H,15-18,20H2,1-2H3,(H,32,36)(H,37,38)/t27-/m1/s1. The fraction of sp³-hybridized carbons (Fsp3) is 0.310. The molecule has 4 rings (SSSR count). The summed E-state index contributed by atoms with van der Waals surface area (Å²) < 4.78 is 29.0. The van der Waals surface area contributed by atoms with Crippen molar-refractivity contribution >= 4 is 27.8 Å². The number of anilines is 1. The molecule has 2 aromatic heterocycles. The molecule has 3 N–H and O–H groups in total. The number of hydrogen-bond acceptors (Lipinski definition) is 7. The highest BCUT2D eigenvalue weighted by Crippen LogP contribution is 2.19. The lowest BCUT2D eigenvalue weighted by atomic mass is 10.1. The second-order valence-electron chi connectivity index (χ2n) is 9.80. The highest BCUT2D eigenvalue weighted by Gasteiger charge is 2.32. The van der Waals surface area contributed by atoms with E-state index in [2.05, 4.69) is 36.7 Å². The summed E-state index contributed by atoms with van der Waals surface area (Å²) in [7, 11) is -3.92. The summed E-state index contributed by atoms with van der Waals surface area (Å²) in [6.45, 7) is 5.02. The van der Waals surface area contributed by atoms with Crippen LogP contribution in [0.1, 0.15) is 41.2 Å². The van der Waals surface area contributed by atoms with Gasteiger partial charge in [-0.15, -0.1) is 0 Å². The van der Waals surface area contributed by atoms with Crippen molar-refractivity contribution in [1.82, 2.24) is 24.3 Å². The highest BCUT2D eigenvalue weighted by molar-refractivity contribution is 7.87. The summed E-state index contributed by atoms with van der Waals surface area (Å²) >= 11 is 0. The molecule has 0 aliphatic carbocycles. The summed E-state index contributed by atoms with van der Waals surface area (Å²) in [6.07, 6.45) is 3.21. The van der Waals surface area contributed by atoms with Crippen molar-refractivity contribution in [3.05, 3.63) is 89.5 Å². The summed E-state index contributed by atoms with van der Waals surface area (Å²) in [5.41, 5.74) is 3.38. The third-order valence-electron chi connectivity index (χ3n) is 6.52. The van der Waals surface area contributed by atoms with Crippen LogP contribution in [0.2, 0.25) is 0 Å². The van der Waals surface area contributed by atoms with Gasteiger partial charge in [0.1, 0.15) is 11.7 Å². The number of carboxylic acid groups (broad SMARTS) is 1. The average molecular weight is 577 g/mol. The van der Waals surface area contributed by atoms with Crippen LogP contribution in [-0.4, -0.2) is 71.9 Å². The number of piperazine rings is 1. The number of nitrogens with one attached hydrogen (secondary N) is 2. The third-order valence-corrected chi connectivity index (χ3v) is 8.12. The van der Waals surface area contributed by atoms with Crippen LogP contribution in [0.4, 0.5) is 5.69 Å². The lowest BCUT2D eigenvalue weighted by Crippen LogP contribution is -2.55. The van der Waals surface area contributed by atoms with Gasteiger partial charge in [-0.3, -0.25) is 19.6 Å². The van der Waals surface area contributed by atoms with Gasteiger partial charge in [-0.2, -0.15) is 17.4 Å². The summed E-state index contributed by atoms with van der Waals surface area (Å²) in [4.78, 5) is 34.3. The molecule has 12 heteroatoms. The highest BCUT2D eigenvalue weighted by atomic mass is 32.2. The monoisotopic (exact) mass is 576 g/mol. The Kier molecular flexibility index (Phi) is 9.67. The zero-order valence-corrected chi connectivity index (χ0v) is 23.6. The van der Waals surface area contributed by atoms with Gasteiger partial charge in [0.25, 0.3) is 16.1 Å². The van der Waals surface area contributed by atoms with Gasteiger partial charge in [-0.25, -0.2) is 0 Å². The van der Waals surface area contributed by atoms with Crippen molar-refractivity contribution in [3.63, 3.8) is 0 Å². The number of carbonyl (C=O) groups excluding carboxylic acids is 1. The maximum Gasteiger partial charge on any atom is 0.322 e. The molecule has 0 unspecified atom stereocenters. The normalized spacial score (nSPS) is 14.7. The van der Waals surface area contributed by atoms with Gasteiger partial charge in [0, 0.05) is 55.4 Å². The van der Waals surface area contributed by atoms with E-state index < -0.39 is 22.2 Å². The van der Waals surface area contributed by atoms with E-state index >= 15 is 0 Å². The van der Waals surface area contributed by atoms with Crippen LogP contribution in [0, 0.1) is 17.8 Å². The molecule has 3 aromatic rings. The Labute approximate surface area is 239 Å². The molecule has 1 aliphatic heterocycles. The Bertz CT molecular complexity index is 1530. The van der Waals surface area contributed by atoms with Gasteiger partial charge >= 0.3 is 5.97 Å². The third kappa shape index (κ3) is 8.11. The predicted octanol–water partition coefficient (Wildman–Crippen LogP) is 1.87. The topological polar surface area (TPSA) is 145 Å². The number of hydrogen-bond donors (Lipinski definition) is 3. The Hall–Kier alpha value is -4.31. The van der Waals surface area contributed by atoms with Gasteiger partial charge in [0.15, 0.2) is 0 Å². The largest absolute Gasteiger partial charge is 0.480 e. The second-order valence-corrected chi connectivity index (χ2v) is 11.5. The molecule has 41 heavy (non-hydrogen) atoms. The fourth-order valence-electron chi connectivity index (χ4n) is 4.19. The van der Waals surface area contributed by atoms with Crippen molar-refractivity contribution in [1.29, 1.82) is 0 Å². The van der Waals surface area contributed by atoms with E-state index in [1.165, 1.54) is 4.31 Å². The smallest absolute Gasteiger partial charge is 0.322 e. The lowest BCUT2D eigenvalue weighted by Gasteiger charge is -2.36. The molecule has 1 fully saturated rings. The molecule has 0 spiro atoms. The Morgan fingerprint density at radius 2 is 1.66 bits per heavy atom. The Morgan fingerprint density at radius 1 is 0.951 bits per heavy atom. The number of pyridine rings is 2. The summed E-state index contributed by atoms with van der Waals surface area (Å²) in [6, 6.07) is 15.3. The molecular weight excluding hydrogens is 544 g/mol. The molecule has 3 heterocycles. The number of carbonyl (C=O) groups is 2. The minimum Gasteiger partial charge on any atom is -0.480 e. The maximum absolute atomic E-state index is 12.7. The average Bonchev–Trinajstić information content (AvgIpc) is 2.98. The van der Waals surface area contributed by atoms with E-state index in [4.69, 9.17) is 0 Å². The van der Waals surface area contributed by atoms with Crippen molar-refractivity contribution in [2.75, 3.05) is 31.1 Å². The van der Waals surface area contributed by atoms with Crippen LogP contribution in [0.25, 0.3) is 0 Å². The van der Waals surface area contributed by atoms with Crippen LogP contribution in [0.15, 0.2) is 67.0 Å². The van der Waals surface area contributed by atoms with E-state index in [0.717, 1.165) is 16.9 Å². The van der Waals surface area contributed by atoms with E-state index in [-0.39, 0.29) is 30.6 Å². The van der Waals surface area contributed by atoms with Crippen molar-refractivity contribution in [3.8, 4) is 11.8 Å². The number of rotatable bonds is 9. The molecule has 1 amide bonds.